The number of nitrogens with two attached hydrogens (primary N) is 1. The molecule has 0 spiro atoms. The number of aromatic nitrogens is 2. The normalized spacial score (nSPS) is 11.2. The summed E-state index contributed by atoms with van der Waals surface area (Å²) >= 11 is 0. The number of hydrogen-bond donors (Lipinski definition) is 3. The Balaban J connectivity index is 1.82. The Kier molecular flexibility index (Phi) is 6.10. The molecular formula is C21H20F3N5O3. The van der Waals surface area contributed by atoms with Crippen LogP contribution in [0.25, 0.3) is 0 Å². The Morgan fingerprint density at radius 2 is 1.81 bits per heavy atom. The van der Waals surface area contributed by atoms with Gasteiger partial charge in [0.25, 0.3) is 11.8 Å². The van der Waals surface area contributed by atoms with Gasteiger partial charge in [0.1, 0.15) is 17.1 Å². The zero-order valence-corrected chi connectivity index (χ0v) is 17.4. The summed E-state index contributed by atoms with van der Waals surface area (Å²) in [5.41, 5.74) is 6.10. The van der Waals surface area contributed by atoms with E-state index in [2.05, 4.69) is 15.7 Å². The number of amides is 2. The first-order valence-electron chi connectivity index (χ1n) is 9.27. The standard InChI is InChI=1S/C21H20F3N5O3/c1-11-4-6-13(9-16(11)28-20(31)14-10-26-29(2)18(14)25)27-19(30)12-5-7-17(32-3)15(8-12)21(22,23)24/h4-10H,25H2,1-3H3,(H,27,30)(H,28,31). The van der Waals surface area contributed by atoms with E-state index in [9.17, 15) is 22.8 Å². The third kappa shape index (κ3) is 4.66. The first-order chi connectivity index (χ1) is 15.0. The van der Waals surface area contributed by atoms with Gasteiger partial charge >= 0.3 is 6.18 Å². The zero-order valence-electron chi connectivity index (χ0n) is 17.4. The average Bonchev–Trinajstić information content (AvgIpc) is 3.07. The predicted octanol–water partition coefficient (Wildman–Crippen LogP) is 3.84. The Bertz CT molecular complexity index is 1190. The minimum atomic E-state index is -4.68. The maximum absolute atomic E-state index is 13.2. The van der Waals surface area contributed by atoms with Crippen molar-refractivity contribution in [2.24, 2.45) is 7.05 Å². The van der Waals surface area contributed by atoms with Crippen LogP contribution in [0.15, 0.2) is 42.6 Å². The van der Waals surface area contributed by atoms with Gasteiger partial charge in [-0.25, -0.2) is 0 Å². The summed E-state index contributed by atoms with van der Waals surface area (Å²) in [6.45, 7) is 1.74. The summed E-state index contributed by atoms with van der Waals surface area (Å²) < 4.78 is 45.8. The molecule has 0 saturated carbocycles. The summed E-state index contributed by atoms with van der Waals surface area (Å²) in [6.07, 6.45) is -3.36. The SMILES string of the molecule is COc1ccc(C(=O)Nc2ccc(C)c(NC(=O)c3cnn(C)c3N)c2)cc1C(F)(F)F. The molecule has 0 atom stereocenters. The summed E-state index contributed by atoms with van der Waals surface area (Å²) in [6, 6.07) is 7.73. The fraction of sp³-hybridized carbons (Fsp3) is 0.190. The molecule has 3 aromatic rings. The molecule has 8 nitrogen and oxygen atoms in total. The van der Waals surface area contributed by atoms with E-state index in [1.165, 1.54) is 23.0 Å². The lowest BCUT2D eigenvalue weighted by Crippen LogP contribution is -2.16. The van der Waals surface area contributed by atoms with Crippen LogP contribution < -0.4 is 21.1 Å². The first-order valence-corrected chi connectivity index (χ1v) is 9.27. The van der Waals surface area contributed by atoms with E-state index < -0.39 is 23.6 Å². The van der Waals surface area contributed by atoms with Crippen LogP contribution >= 0.6 is 0 Å². The van der Waals surface area contributed by atoms with Crippen LogP contribution in [0.2, 0.25) is 0 Å². The summed E-state index contributed by atoms with van der Waals surface area (Å²) in [4.78, 5) is 25.0. The topological polar surface area (TPSA) is 111 Å². The van der Waals surface area contributed by atoms with E-state index in [1.807, 2.05) is 0 Å². The van der Waals surface area contributed by atoms with Gasteiger partial charge in [-0.2, -0.15) is 18.3 Å². The van der Waals surface area contributed by atoms with E-state index in [0.29, 0.717) is 11.3 Å². The highest BCUT2D eigenvalue weighted by Gasteiger charge is 2.35. The zero-order chi connectivity index (χ0) is 23.6. The fourth-order valence-corrected chi connectivity index (χ4v) is 2.92. The smallest absolute Gasteiger partial charge is 0.419 e. The average molecular weight is 447 g/mol. The maximum Gasteiger partial charge on any atom is 0.419 e. The number of methoxy groups -OCH3 is 1. The van der Waals surface area contributed by atoms with Crippen molar-refractivity contribution in [3.63, 3.8) is 0 Å². The van der Waals surface area contributed by atoms with Crippen molar-refractivity contribution < 1.29 is 27.5 Å². The molecule has 0 aliphatic heterocycles. The number of rotatable bonds is 5. The van der Waals surface area contributed by atoms with Crippen LogP contribution in [0.1, 0.15) is 31.8 Å². The third-order valence-electron chi connectivity index (χ3n) is 4.74. The van der Waals surface area contributed by atoms with Gasteiger partial charge in [0.15, 0.2) is 0 Å². The number of nitrogens with one attached hydrogen (secondary N) is 2. The van der Waals surface area contributed by atoms with Gasteiger partial charge in [-0.15, -0.1) is 0 Å². The van der Waals surface area contributed by atoms with Crippen molar-refractivity contribution >= 4 is 29.0 Å². The van der Waals surface area contributed by atoms with Gasteiger partial charge < -0.3 is 21.1 Å². The number of nitrogen functional groups attached to an aromatic ring is 1. The second kappa shape index (κ2) is 8.61. The number of nitrogens with zero attached hydrogens (tertiary/aromatic N) is 2. The van der Waals surface area contributed by atoms with E-state index in [1.54, 1.807) is 26.1 Å². The largest absolute Gasteiger partial charge is 0.496 e. The highest BCUT2D eigenvalue weighted by atomic mass is 19.4. The number of hydrogen-bond acceptors (Lipinski definition) is 5. The van der Waals surface area contributed by atoms with Crippen molar-refractivity contribution in [2.45, 2.75) is 13.1 Å². The van der Waals surface area contributed by atoms with Gasteiger partial charge in [0.05, 0.1) is 18.9 Å². The molecule has 0 radical (unpaired) electrons. The molecule has 0 fully saturated rings. The van der Waals surface area contributed by atoms with Gasteiger partial charge in [0.2, 0.25) is 0 Å². The maximum atomic E-state index is 13.2. The minimum Gasteiger partial charge on any atom is -0.496 e. The van der Waals surface area contributed by atoms with Crippen molar-refractivity contribution in [1.29, 1.82) is 0 Å². The Morgan fingerprint density at radius 1 is 1.09 bits per heavy atom. The van der Waals surface area contributed by atoms with Gasteiger partial charge in [-0.05, 0) is 42.8 Å². The molecule has 32 heavy (non-hydrogen) atoms. The van der Waals surface area contributed by atoms with Crippen LogP contribution in [0.3, 0.4) is 0 Å². The summed E-state index contributed by atoms with van der Waals surface area (Å²) in [7, 11) is 2.71. The van der Waals surface area contributed by atoms with Crippen molar-refractivity contribution in [1.82, 2.24) is 9.78 Å². The Hall–Kier alpha value is -4.02. The van der Waals surface area contributed by atoms with Crippen molar-refractivity contribution in [3.8, 4) is 5.75 Å². The van der Waals surface area contributed by atoms with E-state index in [-0.39, 0.29) is 28.4 Å². The molecule has 168 valence electrons. The lowest BCUT2D eigenvalue weighted by molar-refractivity contribution is -0.138. The number of carbonyl (C=O) groups is 2. The third-order valence-corrected chi connectivity index (χ3v) is 4.74. The second-order valence-electron chi connectivity index (χ2n) is 6.92. The lowest BCUT2D eigenvalue weighted by atomic mass is 10.1. The van der Waals surface area contributed by atoms with Crippen LogP contribution in [0.5, 0.6) is 5.75 Å². The number of halogens is 3. The van der Waals surface area contributed by atoms with Crippen molar-refractivity contribution in [3.05, 3.63) is 64.8 Å². The molecule has 1 aromatic heterocycles. The molecule has 0 bridgehead atoms. The number of ether oxygens (including phenoxy) is 1. The Morgan fingerprint density at radius 3 is 2.41 bits per heavy atom. The molecule has 0 unspecified atom stereocenters. The fourth-order valence-electron chi connectivity index (χ4n) is 2.92. The minimum absolute atomic E-state index is 0.180. The van der Waals surface area contributed by atoms with Crippen LogP contribution in [-0.2, 0) is 13.2 Å². The molecule has 0 saturated heterocycles. The monoisotopic (exact) mass is 447 g/mol. The van der Waals surface area contributed by atoms with E-state index in [4.69, 9.17) is 10.5 Å². The molecule has 11 heteroatoms. The summed E-state index contributed by atoms with van der Waals surface area (Å²) in [5, 5.41) is 9.13. The highest BCUT2D eigenvalue weighted by molar-refractivity contribution is 6.08. The molecule has 3 rings (SSSR count). The molecule has 1 heterocycles. The Labute approximate surface area is 181 Å². The number of aryl methyl sites for hydroxylation is 2. The van der Waals surface area contributed by atoms with Crippen LogP contribution in [0.4, 0.5) is 30.4 Å². The second-order valence-corrected chi connectivity index (χ2v) is 6.92. The summed E-state index contributed by atoms with van der Waals surface area (Å²) in [5.74, 6) is -1.45. The molecule has 4 N–H and O–H groups in total. The van der Waals surface area contributed by atoms with Gasteiger partial charge in [-0.3, -0.25) is 14.3 Å². The number of anilines is 3. The molecular weight excluding hydrogens is 427 g/mol. The van der Waals surface area contributed by atoms with Crippen LogP contribution in [-0.4, -0.2) is 28.7 Å². The first kappa shape index (κ1) is 22.7. The van der Waals surface area contributed by atoms with Gasteiger partial charge in [0, 0.05) is 24.0 Å². The van der Waals surface area contributed by atoms with Crippen molar-refractivity contribution in [2.75, 3.05) is 23.5 Å². The number of alkyl halides is 3. The lowest BCUT2D eigenvalue weighted by Gasteiger charge is -2.14. The number of benzene rings is 2. The van der Waals surface area contributed by atoms with Gasteiger partial charge in [-0.1, -0.05) is 6.07 Å². The van der Waals surface area contributed by atoms with E-state index in [0.717, 1.165) is 19.2 Å². The molecule has 0 aliphatic rings. The molecule has 0 aliphatic carbocycles. The van der Waals surface area contributed by atoms with E-state index >= 15 is 0 Å². The van der Waals surface area contributed by atoms with Crippen LogP contribution in [0, 0.1) is 6.92 Å². The predicted molar refractivity (Wildman–Crippen MR) is 113 cm³/mol. The quantitative estimate of drug-likeness (QED) is 0.550. The molecule has 2 amide bonds. The highest BCUT2D eigenvalue weighted by Crippen LogP contribution is 2.36. The number of carbonyl (C=O) groups excluding carboxylic acids is 2. The molecule has 2 aromatic carbocycles.